The number of sulfone groups is 1. The monoisotopic (exact) mass is 296 g/mol. The van der Waals surface area contributed by atoms with Gasteiger partial charge in [-0.25, -0.2) is 8.42 Å². The summed E-state index contributed by atoms with van der Waals surface area (Å²) in [6, 6.07) is 5.02. The van der Waals surface area contributed by atoms with Crippen LogP contribution < -0.4 is 5.32 Å². The van der Waals surface area contributed by atoms with Gasteiger partial charge in [0.05, 0.1) is 4.90 Å². The number of aryl methyl sites for hydroxylation is 1. The average Bonchev–Trinajstić information content (AvgIpc) is 2.90. The highest BCUT2D eigenvalue weighted by Gasteiger charge is 2.25. The second-order valence-electron chi connectivity index (χ2n) is 5.32. The highest BCUT2D eigenvalue weighted by Crippen LogP contribution is 2.19. The van der Waals surface area contributed by atoms with Crippen molar-refractivity contribution in [3.63, 3.8) is 0 Å². The van der Waals surface area contributed by atoms with Crippen molar-refractivity contribution in [2.24, 2.45) is 0 Å². The van der Waals surface area contributed by atoms with Crippen LogP contribution in [-0.4, -0.2) is 51.7 Å². The number of carbonyl (C=O) groups excluding carboxylic acids is 1. The molecule has 1 aromatic carbocycles. The van der Waals surface area contributed by atoms with Crippen molar-refractivity contribution in [1.82, 2.24) is 10.2 Å². The third-order valence-corrected chi connectivity index (χ3v) is 4.98. The SMILES string of the molecule is Cc1ccc(C(=O)N(C)C2CCNC2)cc1S(C)(=O)=O. The van der Waals surface area contributed by atoms with E-state index >= 15 is 0 Å². The number of rotatable bonds is 3. The van der Waals surface area contributed by atoms with Gasteiger partial charge >= 0.3 is 0 Å². The molecule has 1 unspecified atom stereocenters. The molecule has 5 nitrogen and oxygen atoms in total. The van der Waals surface area contributed by atoms with Gasteiger partial charge in [0.1, 0.15) is 0 Å². The molecule has 20 heavy (non-hydrogen) atoms. The van der Waals surface area contributed by atoms with Crippen LogP contribution in [-0.2, 0) is 9.84 Å². The minimum Gasteiger partial charge on any atom is -0.337 e. The second-order valence-corrected chi connectivity index (χ2v) is 7.30. The molecular weight excluding hydrogens is 276 g/mol. The third-order valence-electron chi connectivity index (χ3n) is 3.74. The van der Waals surface area contributed by atoms with Crippen LogP contribution in [0.1, 0.15) is 22.3 Å². The molecule has 0 bridgehead atoms. The molecule has 6 heteroatoms. The second kappa shape index (κ2) is 5.54. The fourth-order valence-corrected chi connectivity index (χ4v) is 3.47. The number of hydrogen-bond donors (Lipinski definition) is 1. The molecule has 2 rings (SSSR count). The van der Waals surface area contributed by atoms with Crippen molar-refractivity contribution in [2.75, 3.05) is 26.4 Å². The van der Waals surface area contributed by atoms with E-state index in [2.05, 4.69) is 5.32 Å². The summed E-state index contributed by atoms with van der Waals surface area (Å²) in [7, 11) is -1.55. The zero-order valence-corrected chi connectivity index (χ0v) is 12.8. The van der Waals surface area contributed by atoms with Gasteiger partial charge in [-0.1, -0.05) is 6.07 Å². The summed E-state index contributed by atoms with van der Waals surface area (Å²) in [5, 5.41) is 3.21. The quantitative estimate of drug-likeness (QED) is 0.897. The number of likely N-dealkylation sites (N-methyl/N-ethyl adjacent to an activating group) is 1. The van der Waals surface area contributed by atoms with Crippen molar-refractivity contribution < 1.29 is 13.2 Å². The molecule has 1 N–H and O–H groups in total. The number of benzene rings is 1. The highest BCUT2D eigenvalue weighted by molar-refractivity contribution is 7.90. The van der Waals surface area contributed by atoms with E-state index in [1.165, 1.54) is 6.07 Å². The summed E-state index contributed by atoms with van der Waals surface area (Å²) < 4.78 is 23.4. The van der Waals surface area contributed by atoms with Crippen molar-refractivity contribution in [2.45, 2.75) is 24.3 Å². The lowest BCUT2D eigenvalue weighted by Gasteiger charge is -2.24. The zero-order valence-electron chi connectivity index (χ0n) is 12.0. The third kappa shape index (κ3) is 3.02. The predicted molar refractivity (Wildman–Crippen MR) is 77.7 cm³/mol. The maximum absolute atomic E-state index is 12.4. The normalized spacial score (nSPS) is 19.1. The fourth-order valence-electron chi connectivity index (χ4n) is 2.47. The fraction of sp³-hybridized carbons (Fsp3) is 0.500. The first-order valence-electron chi connectivity index (χ1n) is 6.59. The van der Waals surface area contributed by atoms with Gasteiger partial charge in [0, 0.05) is 31.5 Å². The Morgan fingerprint density at radius 1 is 1.40 bits per heavy atom. The zero-order chi connectivity index (χ0) is 14.9. The lowest BCUT2D eigenvalue weighted by molar-refractivity contribution is 0.0743. The molecule has 0 aromatic heterocycles. The minimum absolute atomic E-state index is 0.136. The molecule has 0 aliphatic carbocycles. The Bertz CT molecular complexity index is 619. The van der Waals surface area contributed by atoms with Crippen LogP contribution >= 0.6 is 0 Å². The van der Waals surface area contributed by atoms with E-state index in [9.17, 15) is 13.2 Å². The summed E-state index contributed by atoms with van der Waals surface area (Å²) in [6.07, 6.45) is 2.08. The van der Waals surface area contributed by atoms with Gasteiger partial charge in [-0.15, -0.1) is 0 Å². The highest BCUT2D eigenvalue weighted by atomic mass is 32.2. The Hall–Kier alpha value is -1.40. The van der Waals surface area contributed by atoms with Gasteiger partial charge in [-0.3, -0.25) is 4.79 Å². The molecule has 110 valence electrons. The summed E-state index contributed by atoms with van der Waals surface area (Å²) in [6.45, 7) is 3.42. The molecule has 1 aliphatic heterocycles. The summed E-state index contributed by atoms with van der Waals surface area (Å²) >= 11 is 0. The molecule has 0 spiro atoms. The lowest BCUT2D eigenvalue weighted by Crippen LogP contribution is -2.38. The lowest BCUT2D eigenvalue weighted by atomic mass is 10.1. The Labute approximate surface area is 119 Å². The molecule has 1 atom stereocenters. The predicted octanol–water partition coefficient (Wildman–Crippen LogP) is 0.832. The van der Waals surface area contributed by atoms with Crippen molar-refractivity contribution in [3.05, 3.63) is 29.3 Å². The molecule has 1 aliphatic rings. The van der Waals surface area contributed by atoms with E-state index in [-0.39, 0.29) is 16.8 Å². The topological polar surface area (TPSA) is 66.5 Å². The summed E-state index contributed by atoms with van der Waals surface area (Å²) in [5.41, 5.74) is 1.08. The maximum atomic E-state index is 12.4. The molecule has 1 heterocycles. The van der Waals surface area contributed by atoms with Crippen LogP contribution in [0.3, 0.4) is 0 Å². The van der Waals surface area contributed by atoms with Crippen molar-refractivity contribution in [3.8, 4) is 0 Å². The molecule has 1 aromatic rings. The van der Waals surface area contributed by atoms with Crippen LogP contribution in [0.5, 0.6) is 0 Å². The van der Waals surface area contributed by atoms with Crippen LogP contribution in [0.2, 0.25) is 0 Å². The Balaban J connectivity index is 2.31. The average molecular weight is 296 g/mol. The molecule has 0 saturated carbocycles. The standard InChI is InChI=1S/C14H20N2O3S/c1-10-4-5-11(8-13(10)20(3,18)19)14(17)16(2)12-6-7-15-9-12/h4-5,8,12,15H,6-7,9H2,1-3H3. The van der Waals surface area contributed by atoms with E-state index in [4.69, 9.17) is 0 Å². The molecule has 0 radical (unpaired) electrons. The minimum atomic E-state index is -3.32. The first-order chi connectivity index (χ1) is 9.30. The van der Waals surface area contributed by atoms with Gasteiger partial charge in [0.15, 0.2) is 9.84 Å². The molecule has 1 amide bonds. The first-order valence-corrected chi connectivity index (χ1v) is 8.48. The largest absolute Gasteiger partial charge is 0.337 e. The Morgan fingerprint density at radius 2 is 2.10 bits per heavy atom. The van der Waals surface area contributed by atoms with E-state index in [1.54, 1.807) is 31.0 Å². The molecule has 1 saturated heterocycles. The van der Waals surface area contributed by atoms with Gasteiger partial charge in [0.25, 0.3) is 5.91 Å². The number of carbonyl (C=O) groups is 1. The summed E-state index contributed by atoms with van der Waals surface area (Å²) in [4.78, 5) is 14.3. The van der Waals surface area contributed by atoms with E-state index in [0.29, 0.717) is 11.1 Å². The first kappa shape index (κ1) is 15.0. The summed E-state index contributed by atoms with van der Waals surface area (Å²) in [5.74, 6) is -0.136. The van der Waals surface area contributed by atoms with E-state index < -0.39 is 9.84 Å². The van der Waals surface area contributed by atoms with Crippen molar-refractivity contribution in [1.29, 1.82) is 0 Å². The van der Waals surface area contributed by atoms with Gasteiger partial charge in [-0.2, -0.15) is 0 Å². The van der Waals surface area contributed by atoms with Gasteiger partial charge in [-0.05, 0) is 37.6 Å². The van der Waals surface area contributed by atoms with Crippen molar-refractivity contribution >= 4 is 15.7 Å². The van der Waals surface area contributed by atoms with Crippen LogP contribution in [0.4, 0.5) is 0 Å². The Morgan fingerprint density at radius 3 is 2.65 bits per heavy atom. The van der Waals surface area contributed by atoms with Crippen LogP contribution in [0, 0.1) is 6.92 Å². The number of amides is 1. The van der Waals surface area contributed by atoms with E-state index in [1.807, 2.05) is 0 Å². The van der Waals surface area contributed by atoms with Gasteiger partial charge < -0.3 is 10.2 Å². The number of nitrogens with zero attached hydrogens (tertiary/aromatic N) is 1. The van der Waals surface area contributed by atoms with Gasteiger partial charge in [0.2, 0.25) is 0 Å². The smallest absolute Gasteiger partial charge is 0.253 e. The van der Waals surface area contributed by atoms with Crippen LogP contribution in [0.15, 0.2) is 23.1 Å². The Kier molecular flexibility index (Phi) is 4.15. The molecule has 1 fully saturated rings. The van der Waals surface area contributed by atoms with E-state index in [0.717, 1.165) is 25.8 Å². The number of hydrogen-bond acceptors (Lipinski definition) is 4. The maximum Gasteiger partial charge on any atom is 0.253 e. The molecular formula is C14H20N2O3S. The number of nitrogens with one attached hydrogen (secondary N) is 1. The van der Waals surface area contributed by atoms with Crippen LogP contribution in [0.25, 0.3) is 0 Å².